The van der Waals surface area contributed by atoms with Crippen LogP contribution in [0.25, 0.3) is 10.9 Å². The van der Waals surface area contributed by atoms with Gasteiger partial charge in [0.2, 0.25) is 0 Å². The van der Waals surface area contributed by atoms with Gasteiger partial charge in [0.15, 0.2) is 0 Å². The van der Waals surface area contributed by atoms with Crippen molar-refractivity contribution >= 4 is 16.9 Å². The lowest BCUT2D eigenvalue weighted by Gasteiger charge is -2.13. The van der Waals surface area contributed by atoms with Crippen molar-refractivity contribution in [3.63, 3.8) is 0 Å². The summed E-state index contributed by atoms with van der Waals surface area (Å²) in [6.07, 6.45) is 2.35. The van der Waals surface area contributed by atoms with E-state index in [1.54, 1.807) is 7.11 Å². The normalized spacial score (nSPS) is 14.5. The number of rotatable bonds is 5. The van der Waals surface area contributed by atoms with Gasteiger partial charge in [0.05, 0.1) is 20.1 Å². The van der Waals surface area contributed by atoms with Crippen molar-refractivity contribution in [2.75, 3.05) is 27.4 Å². The van der Waals surface area contributed by atoms with E-state index in [1.165, 1.54) is 23.8 Å². The molecule has 1 aliphatic heterocycles. The van der Waals surface area contributed by atoms with Crippen LogP contribution in [0.1, 0.15) is 16.7 Å². The number of ether oxygens (including phenoxy) is 2. The van der Waals surface area contributed by atoms with Gasteiger partial charge >= 0.3 is 5.97 Å². The van der Waals surface area contributed by atoms with E-state index in [-0.39, 0.29) is 5.97 Å². The van der Waals surface area contributed by atoms with Gasteiger partial charge in [0.1, 0.15) is 0 Å². The molecule has 0 N–H and O–H groups in total. The largest absolute Gasteiger partial charge is 0.469 e. The molecule has 3 rings (SSSR count). The summed E-state index contributed by atoms with van der Waals surface area (Å²) >= 11 is 0. The minimum Gasteiger partial charge on any atom is -0.469 e. The molecule has 0 amide bonds. The molecule has 0 radical (unpaired) electrons. The average molecular weight is 302 g/mol. The predicted molar refractivity (Wildman–Crippen MR) is 84.6 cm³/mol. The summed E-state index contributed by atoms with van der Waals surface area (Å²) in [5, 5.41) is 1.15. The first-order valence-electron chi connectivity index (χ1n) is 7.50. The maximum absolute atomic E-state index is 11.6. The summed E-state index contributed by atoms with van der Waals surface area (Å²) in [7, 11) is 5.18. The first kappa shape index (κ1) is 15.1. The van der Waals surface area contributed by atoms with Crippen LogP contribution in [-0.2, 0) is 40.8 Å². The minimum absolute atomic E-state index is 0.199. The van der Waals surface area contributed by atoms with Gasteiger partial charge in [-0.1, -0.05) is 0 Å². The fraction of sp³-hybridized carbons (Fsp3) is 0.471. The van der Waals surface area contributed by atoms with Gasteiger partial charge in [-0.25, -0.2) is 0 Å². The Kier molecular flexibility index (Phi) is 4.18. The fourth-order valence-electron chi connectivity index (χ4n) is 3.18. The Morgan fingerprint density at radius 3 is 2.64 bits per heavy atom. The van der Waals surface area contributed by atoms with E-state index in [9.17, 15) is 4.79 Å². The van der Waals surface area contributed by atoms with Crippen molar-refractivity contribution in [3.05, 3.63) is 35.0 Å². The Bertz CT molecular complexity index is 705. The third kappa shape index (κ3) is 2.74. The second-order valence-electron chi connectivity index (χ2n) is 5.86. The summed E-state index contributed by atoms with van der Waals surface area (Å²) < 4.78 is 12.0. The molecule has 1 aromatic heterocycles. The van der Waals surface area contributed by atoms with Crippen LogP contribution in [-0.4, -0.2) is 42.8 Å². The van der Waals surface area contributed by atoms with Gasteiger partial charge in [0.25, 0.3) is 0 Å². The Morgan fingerprint density at radius 2 is 1.95 bits per heavy atom. The van der Waals surface area contributed by atoms with Crippen LogP contribution < -0.4 is 0 Å². The summed E-state index contributed by atoms with van der Waals surface area (Å²) in [5.41, 5.74) is 4.92. The number of hydrogen-bond acceptors (Lipinski definition) is 4. The Labute approximate surface area is 130 Å². The first-order chi connectivity index (χ1) is 10.6. The lowest BCUT2D eigenvalue weighted by Crippen LogP contribution is -2.21. The number of methoxy groups -OCH3 is 2. The summed E-state index contributed by atoms with van der Waals surface area (Å²) in [5.74, 6) is -0.199. The molecule has 2 heterocycles. The molecule has 5 heteroatoms. The molecule has 1 aliphatic rings. The Hall–Kier alpha value is -1.85. The third-order valence-electron chi connectivity index (χ3n) is 4.36. The molecule has 0 spiro atoms. The number of aryl methyl sites for hydroxylation is 1. The Balaban J connectivity index is 1.92. The molecule has 0 unspecified atom stereocenters. The third-order valence-corrected chi connectivity index (χ3v) is 4.36. The van der Waals surface area contributed by atoms with E-state index in [2.05, 4.69) is 21.6 Å². The number of carbonyl (C=O) groups excluding carboxylic acids is 1. The van der Waals surface area contributed by atoms with Crippen LogP contribution in [0, 0.1) is 0 Å². The van der Waals surface area contributed by atoms with Gasteiger partial charge in [-0.05, 0) is 28.8 Å². The topological polar surface area (TPSA) is 43.7 Å². The molecule has 0 fully saturated rings. The first-order valence-corrected chi connectivity index (χ1v) is 7.50. The quantitative estimate of drug-likeness (QED) is 0.791. The molecule has 22 heavy (non-hydrogen) atoms. The van der Waals surface area contributed by atoms with Crippen molar-refractivity contribution < 1.29 is 14.3 Å². The average Bonchev–Trinajstić information content (AvgIpc) is 3.04. The monoisotopic (exact) mass is 302 g/mol. The SMILES string of the molecule is COCCN1Cc2cc3c(CC(=O)OC)cn(C)c3cc2C1. The highest BCUT2D eigenvalue weighted by Gasteiger charge is 2.21. The number of fused-ring (bicyclic) bond motifs is 2. The highest BCUT2D eigenvalue weighted by molar-refractivity contribution is 5.89. The second kappa shape index (κ2) is 6.10. The lowest BCUT2D eigenvalue weighted by atomic mass is 10.0. The van der Waals surface area contributed by atoms with Crippen molar-refractivity contribution in [2.45, 2.75) is 19.5 Å². The van der Waals surface area contributed by atoms with E-state index in [0.29, 0.717) is 6.42 Å². The Morgan fingerprint density at radius 1 is 1.23 bits per heavy atom. The minimum atomic E-state index is -0.199. The van der Waals surface area contributed by atoms with Crippen LogP contribution >= 0.6 is 0 Å². The predicted octanol–water partition coefficient (Wildman–Crippen LogP) is 1.86. The number of aromatic nitrogens is 1. The van der Waals surface area contributed by atoms with Crippen LogP contribution in [0.3, 0.4) is 0 Å². The smallest absolute Gasteiger partial charge is 0.310 e. The number of carbonyl (C=O) groups is 1. The molecule has 0 saturated heterocycles. The molecule has 0 saturated carbocycles. The second-order valence-corrected chi connectivity index (χ2v) is 5.86. The van der Waals surface area contributed by atoms with E-state index in [0.717, 1.165) is 37.2 Å². The van der Waals surface area contributed by atoms with Gasteiger partial charge in [-0.3, -0.25) is 9.69 Å². The zero-order valence-corrected chi connectivity index (χ0v) is 13.4. The van der Waals surface area contributed by atoms with Gasteiger partial charge < -0.3 is 14.0 Å². The number of hydrogen-bond donors (Lipinski definition) is 0. The van der Waals surface area contributed by atoms with Crippen molar-refractivity contribution in [1.29, 1.82) is 0 Å². The van der Waals surface area contributed by atoms with Crippen molar-refractivity contribution in [2.24, 2.45) is 7.05 Å². The summed E-state index contributed by atoms with van der Waals surface area (Å²) in [4.78, 5) is 14.0. The standard InChI is InChI=1S/C17H22N2O3/c1-18-9-14(8-17(20)22-3)15-6-12-10-19(4-5-21-2)11-13(12)7-16(15)18/h6-7,9H,4-5,8,10-11H2,1-3H3. The van der Waals surface area contributed by atoms with E-state index >= 15 is 0 Å². The van der Waals surface area contributed by atoms with Crippen LogP contribution in [0.5, 0.6) is 0 Å². The van der Waals surface area contributed by atoms with E-state index in [1.807, 2.05) is 13.2 Å². The van der Waals surface area contributed by atoms with Crippen molar-refractivity contribution in [3.8, 4) is 0 Å². The molecule has 0 bridgehead atoms. The molecule has 5 nitrogen and oxygen atoms in total. The molecule has 118 valence electrons. The van der Waals surface area contributed by atoms with E-state index in [4.69, 9.17) is 9.47 Å². The van der Waals surface area contributed by atoms with E-state index < -0.39 is 0 Å². The van der Waals surface area contributed by atoms with Crippen LogP contribution in [0.2, 0.25) is 0 Å². The highest BCUT2D eigenvalue weighted by Crippen LogP contribution is 2.30. The maximum Gasteiger partial charge on any atom is 0.310 e. The summed E-state index contributed by atoms with van der Waals surface area (Å²) in [6.45, 7) is 3.60. The molecule has 0 atom stereocenters. The zero-order valence-electron chi connectivity index (χ0n) is 13.4. The fourth-order valence-corrected chi connectivity index (χ4v) is 3.18. The highest BCUT2D eigenvalue weighted by atomic mass is 16.5. The number of nitrogens with zero attached hydrogens (tertiary/aromatic N) is 2. The van der Waals surface area contributed by atoms with Crippen LogP contribution in [0.15, 0.2) is 18.3 Å². The number of esters is 1. The molecule has 2 aromatic rings. The molecular formula is C17H22N2O3. The number of benzene rings is 1. The van der Waals surface area contributed by atoms with Crippen molar-refractivity contribution in [1.82, 2.24) is 9.47 Å². The zero-order chi connectivity index (χ0) is 15.7. The molecular weight excluding hydrogens is 280 g/mol. The molecule has 0 aliphatic carbocycles. The van der Waals surface area contributed by atoms with Gasteiger partial charge in [0, 0.05) is 50.9 Å². The lowest BCUT2D eigenvalue weighted by molar-refractivity contribution is -0.139. The summed E-state index contributed by atoms with van der Waals surface area (Å²) in [6, 6.07) is 4.48. The van der Waals surface area contributed by atoms with Crippen LogP contribution in [0.4, 0.5) is 0 Å². The maximum atomic E-state index is 11.6. The van der Waals surface area contributed by atoms with Gasteiger partial charge in [-0.15, -0.1) is 0 Å². The molecule has 1 aromatic carbocycles. The van der Waals surface area contributed by atoms with Gasteiger partial charge in [-0.2, -0.15) is 0 Å².